The average molecular weight is 302 g/mol. The van der Waals surface area contributed by atoms with Gasteiger partial charge in [0.2, 0.25) is 5.91 Å². The van der Waals surface area contributed by atoms with Gasteiger partial charge in [-0.2, -0.15) is 0 Å². The number of nitrogens with zero attached hydrogens (tertiary/aromatic N) is 1. The SMILES string of the molecule is CC1(C(=O)Nc2ccc(F)c(-n3cccc3)c2)CCOCC1. The molecule has 0 atom stereocenters. The van der Waals surface area contributed by atoms with E-state index in [-0.39, 0.29) is 11.7 Å². The first-order chi connectivity index (χ1) is 10.6. The summed E-state index contributed by atoms with van der Waals surface area (Å²) in [6.07, 6.45) is 4.93. The number of benzene rings is 1. The van der Waals surface area contributed by atoms with Gasteiger partial charge >= 0.3 is 0 Å². The number of rotatable bonds is 3. The van der Waals surface area contributed by atoms with Crippen molar-refractivity contribution in [1.82, 2.24) is 4.57 Å². The predicted molar refractivity (Wildman–Crippen MR) is 82.5 cm³/mol. The minimum atomic E-state index is -0.430. The fourth-order valence-electron chi connectivity index (χ4n) is 2.61. The number of amides is 1. The van der Waals surface area contributed by atoms with Crippen LogP contribution in [0.2, 0.25) is 0 Å². The lowest BCUT2D eigenvalue weighted by molar-refractivity contribution is -0.129. The summed E-state index contributed by atoms with van der Waals surface area (Å²) in [5.41, 5.74) is 0.586. The summed E-state index contributed by atoms with van der Waals surface area (Å²) in [6.45, 7) is 3.14. The molecule has 1 aliphatic heterocycles. The van der Waals surface area contributed by atoms with E-state index in [2.05, 4.69) is 5.32 Å². The van der Waals surface area contributed by atoms with E-state index >= 15 is 0 Å². The molecule has 1 saturated heterocycles. The van der Waals surface area contributed by atoms with Crippen LogP contribution in [0.5, 0.6) is 0 Å². The van der Waals surface area contributed by atoms with E-state index in [1.54, 1.807) is 29.1 Å². The molecule has 2 aromatic rings. The number of carbonyl (C=O) groups is 1. The molecule has 1 aromatic carbocycles. The van der Waals surface area contributed by atoms with Gasteiger partial charge in [-0.3, -0.25) is 4.79 Å². The Balaban J connectivity index is 1.81. The number of hydrogen-bond acceptors (Lipinski definition) is 2. The zero-order chi connectivity index (χ0) is 15.6. The molecule has 0 aliphatic carbocycles. The van der Waals surface area contributed by atoms with Gasteiger partial charge in [0.05, 0.1) is 11.1 Å². The number of aromatic nitrogens is 1. The van der Waals surface area contributed by atoms with Crippen LogP contribution in [0.3, 0.4) is 0 Å². The van der Waals surface area contributed by atoms with E-state index in [9.17, 15) is 9.18 Å². The van der Waals surface area contributed by atoms with E-state index in [1.807, 2.05) is 19.1 Å². The second-order valence-corrected chi connectivity index (χ2v) is 5.88. The second-order valence-electron chi connectivity index (χ2n) is 5.88. The molecule has 1 aliphatic rings. The molecule has 5 heteroatoms. The molecule has 1 fully saturated rings. The number of anilines is 1. The predicted octanol–water partition coefficient (Wildman–Crippen LogP) is 3.37. The number of hydrogen-bond donors (Lipinski definition) is 1. The Morgan fingerprint density at radius 2 is 1.95 bits per heavy atom. The second kappa shape index (κ2) is 5.93. The molecule has 0 spiro atoms. The number of carbonyl (C=O) groups excluding carboxylic acids is 1. The topological polar surface area (TPSA) is 43.3 Å². The van der Waals surface area contributed by atoms with E-state index in [0.717, 1.165) is 0 Å². The fraction of sp³-hybridized carbons (Fsp3) is 0.353. The number of nitrogens with one attached hydrogen (secondary N) is 1. The third-order valence-corrected chi connectivity index (χ3v) is 4.23. The largest absolute Gasteiger partial charge is 0.381 e. The maximum atomic E-state index is 14.0. The quantitative estimate of drug-likeness (QED) is 0.944. The summed E-state index contributed by atoms with van der Waals surface area (Å²) < 4.78 is 20.9. The zero-order valence-electron chi connectivity index (χ0n) is 12.5. The van der Waals surface area contributed by atoms with Gasteiger partial charge in [-0.05, 0) is 43.2 Å². The molecule has 2 heterocycles. The highest BCUT2D eigenvalue weighted by atomic mass is 19.1. The highest BCUT2D eigenvalue weighted by Gasteiger charge is 2.35. The lowest BCUT2D eigenvalue weighted by Crippen LogP contribution is -2.38. The molecule has 0 radical (unpaired) electrons. The Hall–Kier alpha value is -2.14. The third kappa shape index (κ3) is 2.90. The Kier molecular flexibility index (Phi) is 3.98. The van der Waals surface area contributed by atoms with Gasteiger partial charge in [0.25, 0.3) is 0 Å². The van der Waals surface area contributed by atoms with E-state index in [1.165, 1.54) is 6.07 Å². The van der Waals surface area contributed by atoms with Crippen molar-refractivity contribution >= 4 is 11.6 Å². The average Bonchev–Trinajstić information content (AvgIpc) is 3.04. The highest BCUT2D eigenvalue weighted by Crippen LogP contribution is 2.31. The molecule has 3 rings (SSSR count). The van der Waals surface area contributed by atoms with Crippen LogP contribution < -0.4 is 5.32 Å². The zero-order valence-corrected chi connectivity index (χ0v) is 12.5. The molecule has 0 saturated carbocycles. The van der Waals surface area contributed by atoms with Crippen molar-refractivity contribution in [3.8, 4) is 5.69 Å². The summed E-state index contributed by atoms with van der Waals surface area (Å²) >= 11 is 0. The van der Waals surface area contributed by atoms with E-state index < -0.39 is 5.41 Å². The summed E-state index contributed by atoms with van der Waals surface area (Å²) in [6, 6.07) is 8.26. The molecule has 116 valence electrons. The van der Waals surface area contributed by atoms with Crippen LogP contribution in [-0.2, 0) is 9.53 Å². The summed E-state index contributed by atoms with van der Waals surface area (Å²) in [7, 11) is 0. The minimum absolute atomic E-state index is 0.0409. The van der Waals surface area contributed by atoms with Crippen LogP contribution in [0, 0.1) is 11.2 Å². The Morgan fingerprint density at radius 3 is 2.64 bits per heavy atom. The van der Waals surface area contributed by atoms with Gasteiger partial charge < -0.3 is 14.6 Å². The molecular weight excluding hydrogens is 283 g/mol. The first-order valence-corrected chi connectivity index (χ1v) is 7.41. The molecular formula is C17H19FN2O2. The maximum absolute atomic E-state index is 14.0. The minimum Gasteiger partial charge on any atom is -0.381 e. The molecule has 22 heavy (non-hydrogen) atoms. The summed E-state index contributed by atoms with van der Waals surface area (Å²) in [4.78, 5) is 12.5. The van der Waals surface area contributed by atoms with Gasteiger partial charge in [-0.1, -0.05) is 6.92 Å². The maximum Gasteiger partial charge on any atom is 0.230 e. The van der Waals surface area contributed by atoms with Crippen molar-refractivity contribution in [3.05, 3.63) is 48.5 Å². The van der Waals surface area contributed by atoms with Crippen molar-refractivity contribution < 1.29 is 13.9 Å². The normalized spacial score (nSPS) is 17.2. The first kappa shape index (κ1) is 14.8. The number of ether oxygens (including phenoxy) is 1. The summed E-state index contributed by atoms with van der Waals surface area (Å²) in [5, 5.41) is 2.91. The Bertz CT molecular complexity index is 661. The fourth-order valence-corrected chi connectivity index (χ4v) is 2.61. The Morgan fingerprint density at radius 1 is 1.27 bits per heavy atom. The van der Waals surface area contributed by atoms with Gasteiger partial charge in [0.15, 0.2) is 0 Å². The van der Waals surface area contributed by atoms with Crippen LogP contribution >= 0.6 is 0 Å². The van der Waals surface area contributed by atoms with Crippen LogP contribution in [0.1, 0.15) is 19.8 Å². The van der Waals surface area contributed by atoms with Crippen LogP contribution in [-0.4, -0.2) is 23.7 Å². The first-order valence-electron chi connectivity index (χ1n) is 7.41. The molecule has 1 N–H and O–H groups in total. The monoisotopic (exact) mass is 302 g/mol. The lowest BCUT2D eigenvalue weighted by atomic mass is 9.81. The molecule has 0 bridgehead atoms. The molecule has 1 aromatic heterocycles. The molecule has 4 nitrogen and oxygen atoms in total. The van der Waals surface area contributed by atoms with Gasteiger partial charge in [0, 0.05) is 31.3 Å². The van der Waals surface area contributed by atoms with Crippen molar-refractivity contribution in [2.24, 2.45) is 5.41 Å². The standard InChI is InChI=1S/C17H19FN2O2/c1-17(6-10-22-11-7-17)16(21)19-13-4-5-14(18)15(12-13)20-8-2-3-9-20/h2-5,8-9,12H,6-7,10-11H2,1H3,(H,19,21). The molecule has 1 amide bonds. The van der Waals surface area contributed by atoms with E-state index in [4.69, 9.17) is 4.74 Å². The summed E-state index contributed by atoms with van der Waals surface area (Å²) in [5.74, 6) is -0.368. The van der Waals surface area contributed by atoms with Crippen LogP contribution in [0.4, 0.5) is 10.1 Å². The Labute approximate surface area is 128 Å². The van der Waals surface area contributed by atoms with Crippen molar-refractivity contribution in [2.45, 2.75) is 19.8 Å². The number of halogens is 1. The van der Waals surface area contributed by atoms with Gasteiger partial charge in [0.1, 0.15) is 5.82 Å². The molecule has 0 unspecified atom stereocenters. The smallest absolute Gasteiger partial charge is 0.230 e. The van der Waals surface area contributed by atoms with Crippen LogP contribution in [0.15, 0.2) is 42.7 Å². The van der Waals surface area contributed by atoms with E-state index in [0.29, 0.717) is 37.4 Å². The van der Waals surface area contributed by atoms with Crippen LogP contribution in [0.25, 0.3) is 5.69 Å². The van der Waals surface area contributed by atoms with Crippen molar-refractivity contribution in [2.75, 3.05) is 18.5 Å². The van der Waals surface area contributed by atoms with Gasteiger partial charge in [-0.15, -0.1) is 0 Å². The van der Waals surface area contributed by atoms with Crippen molar-refractivity contribution in [1.29, 1.82) is 0 Å². The lowest BCUT2D eigenvalue weighted by Gasteiger charge is -2.32. The highest BCUT2D eigenvalue weighted by molar-refractivity contribution is 5.95. The van der Waals surface area contributed by atoms with Gasteiger partial charge in [-0.25, -0.2) is 4.39 Å². The van der Waals surface area contributed by atoms with Crippen molar-refractivity contribution in [3.63, 3.8) is 0 Å². The third-order valence-electron chi connectivity index (χ3n) is 4.23.